The summed E-state index contributed by atoms with van der Waals surface area (Å²) in [6.45, 7) is 0.372. The lowest BCUT2D eigenvalue weighted by Gasteiger charge is -2.10. The zero-order chi connectivity index (χ0) is 15.8. The molecule has 0 bridgehead atoms. The first-order valence-electron chi connectivity index (χ1n) is 6.63. The molecule has 0 spiro atoms. The Morgan fingerprint density at radius 3 is 2.59 bits per heavy atom. The number of methoxy groups -OCH3 is 1. The van der Waals surface area contributed by atoms with Crippen molar-refractivity contribution in [1.29, 1.82) is 10.5 Å². The van der Waals surface area contributed by atoms with Gasteiger partial charge in [-0.3, -0.25) is 0 Å². The molecule has 22 heavy (non-hydrogen) atoms. The maximum atomic E-state index is 8.85. The van der Waals surface area contributed by atoms with E-state index in [2.05, 4.69) is 0 Å². The fourth-order valence-electron chi connectivity index (χ4n) is 1.90. The predicted octanol–water partition coefficient (Wildman–Crippen LogP) is 3.70. The van der Waals surface area contributed by atoms with Gasteiger partial charge in [0.15, 0.2) is 0 Å². The molecule has 2 aromatic carbocycles. The van der Waals surface area contributed by atoms with Gasteiger partial charge in [-0.15, -0.1) is 0 Å². The molecule has 0 aromatic heterocycles. The third kappa shape index (κ3) is 3.88. The van der Waals surface area contributed by atoms with Crippen LogP contribution in [0.5, 0.6) is 11.5 Å². The molecular weight excluding hydrogens is 276 g/mol. The highest BCUT2D eigenvalue weighted by Gasteiger charge is 2.04. The molecular formula is C18H14N2O2. The van der Waals surface area contributed by atoms with Gasteiger partial charge in [0.05, 0.1) is 7.11 Å². The van der Waals surface area contributed by atoms with Crippen LogP contribution in [0.2, 0.25) is 0 Å². The van der Waals surface area contributed by atoms with Crippen molar-refractivity contribution in [3.05, 3.63) is 65.2 Å². The van der Waals surface area contributed by atoms with Crippen LogP contribution >= 0.6 is 0 Å². The summed E-state index contributed by atoms with van der Waals surface area (Å²) in [6.07, 6.45) is 1.51. The maximum absolute atomic E-state index is 8.85. The van der Waals surface area contributed by atoms with Crippen molar-refractivity contribution in [2.45, 2.75) is 6.61 Å². The summed E-state index contributed by atoms with van der Waals surface area (Å²) in [5, 5.41) is 17.7. The van der Waals surface area contributed by atoms with Crippen molar-refractivity contribution < 1.29 is 9.47 Å². The summed E-state index contributed by atoms with van der Waals surface area (Å²) in [6, 6.07) is 18.6. The number of nitrogens with zero attached hydrogens (tertiary/aromatic N) is 2. The molecule has 2 aromatic rings. The molecule has 108 valence electrons. The third-order valence-electron chi connectivity index (χ3n) is 2.99. The van der Waals surface area contributed by atoms with E-state index < -0.39 is 0 Å². The quantitative estimate of drug-likeness (QED) is 0.787. The van der Waals surface area contributed by atoms with Crippen molar-refractivity contribution in [2.75, 3.05) is 7.11 Å². The molecule has 0 radical (unpaired) electrons. The molecule has 0 atom stereocenters. The lowest BCUT2D eigenvalue weighted by atomic mass is 10.1. The van der Waals surface area contributed by atoms with Crippen LogP contribution in [0.4, 0.5) is 0 Å². The normalized spacial score (nSPS) is 9.23. The number of nitriles is 2. The number of benzene rings is 2. The summed E-state index contributed by atoms with van der Waals surface area (Å²) in [5.74, 6) is 1.39. The lowest BCUT2D eigenvalue weighted by Crippen LogP contribution is -1.97. The number of allylic oxidation sites excluding steroid dienone is 1. The van der Waals surface area contributed by atoms with Gasteiger partial charge >= 0.3 is 0 Å². The second-order valence-electron chi connectivity index (χ2n) is 4.46. The molecule has 0 aliphatic heterocycles. The maximum Gasteiger partial charge on any atom is 0.130 e. The monoisotopic (exact) mass is 290 g/mol. The predicted molar refractivity (Wildman–Crippen MR) is 83.0 cm³/mol. The first-order valence-corrected chi connectivity index (χ1v) is 6.63. The van der Waals surface area contributed by atoms with Crippen LogP contribution in [0, 0.1) is 22.7 Å². The Bertz CT molecular complexity index is 751. The Balaban J connectivity index is 2.19. The van der Waals surface area contributed by atoms with Gasteiger partial charge in [-0.25, -0.2) is 0 Å². The van der Waals surface area contributed by atoms with Crippen molar-refractivity contribution in [3.63, 3.8) is 0 Å². The summed E-state index contributed by atoms with van der Waals surface area (Å²) in [7, 11) is 1.62. The van der Waals surface area contributed by atoms with Gasteiger partial charge in [-0.1, -0.05) is 30.3 Å². The van der Waals surface area contributed by atoms with E-state index in [0.717, 1.165) is 11.3 Å². The fraction of sp³-hybridized carbons (Fsp3) is 0.111. The van der Waals surface area contributed by atoms with E-state index in [1.54, 1.807) is 19.2 Å². The van der Waals surface area contributed by atoms with E-state index in [9.17, 15) is 0 Å². The van der Waals surface area contributed by atoms with Crippen molar-refractivity contribution in [3.8, 4) is 23.6 Å². The minimum atomic E-state index is 0.0393. The smallest absolute Gasteiger partial charge is 0.130 e. The van der Waals surface area contributed by atoms with Crippen molar-refractivity contribution in [2.24, 2.45) is 0 Å². The Morgan fingerprint density at radius 1 is 1.09 bits per heavy atom. The van der Waals surface area contributed by atoms with E-state index in [-0.39, 0.29) is 5.57 Å². The standard InChI is InChI=1S/C18H14N2O2/c1-21-17-7-4-5-14(10-17)13-22-18-8-3-2-6-16(18)9-15(11-19)12-20/h2-10H,13H2,1H3. The summed E-state index contributed by atoms with van der Waals surface area (Å²) in [4.78, 5) is 0. The molecule has 0 saturated heterocycles. The molecule has 4 heteroatoms. The Morgan fingerprint density at radius 2 is 1.86 bits per heavy atom. The van der Waals surface area contributed by atoms with Crippen LogP contribution in [0.1, 0.15) is 11.1 Å². The van der Waals surface area contributed by atoms with Gasteiger partial charge in [0.2, 0.25) is 0 Å². The van der Waals surface area contributed by atoms with Crippen LogP contribution in [-0.4, -0.2) is 7.11 Å². The van der Waals surface area contributed by atoms with Crippen LogP contribution in [-0.2, 0) is 6.61 Å². The molecule has 0 amide bonds. The minimum absolute atomic E-state index is 0.0393. The van der Waals surface area contributed by atoms with Crippen LogP contribution < -0.4 is 9.47 Å². The Kier molecular flexibility index (Phi) is 5.18. The lowest BCUT2D eigenvalue weighted by molar-refractivity contribution is 0.304. The largest absolute Gasteiger partial charge is 0.497 e. The van der Waals surface area contributed by atoms with Gasteiger partial charge < -0.3 is 9.47 Å². The van der Waals surface area contributed by atoms with Crippen LogP contribution in [0.3, 0.4) is 0 Å². The highest BCUT2D eigenvalue weighted by molar-refractivity contribution is 5.66. The number of hydrogen-bond donors (Lipinski definition) is 0. The van der Waals surface area contributed by atoms with E-state index in [0.29, 0.717) is 17.9 Å². The molecule has 0 unspecified atom stereocenters. The topological polar surface area (TPSA) is 66.0 Å². The van der Waals surface area contributed by atoms with Crippen molar-refractivity contribution >= 4 is 6.08 Å². The van der Waals surface area contributed by atoms with Crippen LogP contribution in [0.25, 0.3) is 6.08 Å². The first-order chi connectivity index (χ1) is 10.8. The van der Waals surface area contributed by atoms with Crippen LogP contribution in [0.15, 0.2) is 54.1 Å². The summed E-state index contributed by atoms with van der Waals surface area (Å²) >= 11 is 0. The molecule has 4 nitrogen and oxygen atoms in total. The van der Waals surface area contributed by atoms with E-state index in [1.165, 1.54) is 6.08 Å². The Hall–Kier alpha value is -3.24. The highest BCUT2D eigenvalue weighted by atomic mass is 16.5. The fourth-order valence-corrected chi connectivity index (χ4v) is 1.90. The number of para-hydroxylation sites is 1. The number of rotatable bonds is 5. The molecule has 0 aliphatic rings. The van der Waals surface area contributed by atoms with Gasteiger partial charge in [-0.2, -0.15) is 10.5 Å². The zero-order valence-corrected chi connectivity index (χ0v) is 12.1. The third-order valence-corrected chi connectivity index (χ3v) is 2.99. The Labute approximate surface area is 129 Å². The van der Waals surface area contributed by atoms with E-state index in [4.69, 9.17) is 20.0 Å². The summed E-state index contributed by atoms with van der Waals surface area (Å²) < 4.78 is 11.0. The second-order valence-corrected chi connectivity index (χ2v) is 4.46. The minimum Gasteiger partial charge on any atom is -0.497 e. The molecule has 0 saturated carbocycles. The average molecular weight is 290 g/mol. The van der Waals surface area contributed by atoms with Gasteiger partial charge in [-0.05, 0) is 29.8 Å². The highest BCUT2D eigenvalue weighted by Crippen LogP contribution is 2.22. The van der Waals surface area contributed by atoms with Gasteiger partial charge in [0, 0.05) is 5.56 Å². The van der Waals surface area contributed by atoms with E-state index >= 15 is 0 Å². The SMILES string of the molecule is COc1cccc(COc2ccccc2C=C(C#N)C#N)c1. The molecule has 0 aliphatic carbocycles. The second kappa shape index (κ2) is 7.52. The zero-order valence-electron chi connectivity index (χ0n) is 12.1. The number of ether oxygens (including phenoxy) is 2. The average Bonchev–Trinajstić information content (AvgIpc) is 2.58. The molecule has 0 N–H and O–H groups in total. The van der Waals surface area contributed by atoms with E-state index in [1.807, 2.05) is 48.5 Å². The molecule has 0 heterocycles. The van der Waals surface area contributed by atoms with Crippen molar-refractivity contribution in [1.82, 2.24) is 0 Å². The summed E-state index contributed by atoms with van der Waals surface area (Å²) in [5.41, 5.74) is 1.71. The van der Waals surface area contributed by atoms with Gasteiger partial charge in [0.1, 0.15) is 35.8 Å². The molecule has 2 rings (SSSR count). The number of hydrogen-bond acceptors (Lipinski definition) is 4. The first kappa shape index (κ1) is 15.2. The molecule has 0 fully saturated rings. The van der Waals surface area contributed by atoms with Gasteiger partial charge in [0.25, 0.3) is 0 Å².